The van der Waals surface area contributed by atoms with Crippen molar-refractivity contribution in [3.05, 3.63) is 41.8 Å². The minimum Gasteiger partial charge on any atom is -0.465 e. The van der Waals surface area contributed by atoms with E-state index in [-0.39, 0.29) is 0 Å². The van der Waals surface area contributed by atoms with Crippen LogP contribution in [-0.2, 0) is 11.3 Å². The van der Waals surface area contributed by atoms with Gasteiger partial charge in [0.25, 0.3) is 0 Å². The van der Waals surface area contributed by atoms with Crippen molar-refractivity contribution in [1.29, 1.82) is 0 Å². The summed E-state index contributed by atoms with van der Waals surface area (Å²) < 4.78 is 9.36. The molecule has 1 aromatic heterocycles. The van der Waals surface area contributed by atoms with Crippen LogP contribution >= 0.6 is 0 Å². The van der Waals surface area contributed by atoms with Gasteiger partial charge in [-0.3, -0.25) is 0 Å². The lowest BCUT2D eigenvalue weighted by atomic mass is 10.1. The number of nitrogen functional groups attached to an aromatic ring is 1. The molecular formula is C12H13N3O3. The molecule has 0 aliphatic rings. The number of hydrogen-bond donors (Lipinski definition) is 2. The minimum absolute atomic E-state index is 0.403. The summed E-state index contributed by atoms with van der Waals surface area (Å²) in [6.07, 6.45) is 1.49. The Morgan fingerprint density at radius 3 is 3.00 bits per heavy atom. The van der Waals surface area contributed by atoms with Crippen LogP contribution in [-0.4, -0.2) is 18.2 Å². The molecule has 0 aliphatic heterocycles. The van der Waals surface area contributed by atoms with Gasteiger partial charge in [0.05, 0.1) is 30.6 Å². The maximum atomic E-state index is 11.4. The van der Waals surface area contributed by atoms with Gasteiger partial charge in [-0.15, -0.1) is 0 Å². The molecular weight excluding hydrogens is 234 g/mol. The van der Waals surface area contributed by atoms with Crippen LogP contribution < -0.4 is 11.1 Å². The first kappa shape index (κ1) is 12.0. The zero-order valence-electron chi connectivity index (χ0n) is 9.84. The molecule has 0 aliphatic carbocycles. The molecule has 1 aromatic carbocycles. The molecule has 0 radical (unpaired) electrons. The number of nitrogens with two attached hydrogens (primary N) is 1. The summed E-state index contributed by atoms with van der Waals surface area (Å²) in [6, 6.07) is 6.65. The van der Waals surface area contributed by atoms with Gasteiger partial charge in [-0.1, -0.05) is 5.16 Å². The molecule has 0 amide bonds. The topological polar surface area (TPSA) is 90.4 Å². The fourth-order valence-corrected chi connectivity index (χ4v) is 1.47. The first-order valence-electron chi connectivity index (χ1n) is 5.31. The van der Waals surface area contributed by atoms with E-state index in [9.17, 15) is 4.79 Å². The molecule has 0 bridgehead atoms. The maximum absolute atomic E-state index is 11.4. The summed E-state index contributed by atoms with van der Waals surface area (Å²) in [4.78, 5) is 11.4. The monoisotopic (exact) mass is 247 g/mol. The fraction of sp³-hybridized carbons (Fsp3) is 0.167. The number of carbonyl (C=O) groups excluding carboxylic acids is 1. The number of benzene rings is 1. The van der Waals surface area contributed by atoms with Crippen molar-refractivity contribution in [3.63, 3.8) is 0 Å². The minimum atomic E-state index is -0.403. The number of rotatable bonds is 4. The van der Waals surface area contributed by atoms with E-state index in [0.29, 0.717) is 23.5 Å². The van der Waals surface area contributed by atoms with E-state index in [0.717, 1.165) is 5.69 Å². The number of nitrogens with one attached hydrogen (secondary N) is 1. The Balaban J connectivity index is 2.13. The van der Waals surface area contributed by atoms with E-state index < -0.39 is 5.97 Å². The van der Waals surface area contributed by atoms with Crippen LogP contribution in [0.5, 0.6) is 0 Å². The van der Waals surface area contributed by atoms with Gasteiger partial charge in [0.15, 0.2) is 0 Å². The number of carbonyl (C=O) groups is 1. The first-order valence-corrected chi connectivity index (χ1v) is 5.31. The number of nitrogens with zero attached hydrogens (tertiary/aromatic N) is 1. The second kappa shape index (κ2) is 5.22. The number of hydrogen-bond acceptors (Lipinski definition) is 6. The van der Waals surface area contributed by atoms with Crippen LogP contribution in [0.4, 0.5) is 11.4 Å². The largest absolute Gasteiger partial charge is 0.465 e. The van der Waals surface area contributed by atoms with Gasteiger partial charge in [-0.05, 0) is 18.2 Å². The Morgan fingerprint density at radius 1 is 1.50 bits per heavy atom. The number of aromatic nitrogens is 1. The summed E-state index contributed by atoms with van der Waals surface area (Å²) in [5, 5.41) is 6.84. The quantitative estimate of drug-likeness (QED) is 0.630. The smallest absolute Gasteiger partial charge is 0.337 e. The number of ether oxygens (including phenoxy) is 1. The van der Waals surface area contributed by atoms with Crippen molar-refractivity contribution in [1.82, 2.24) is 5.16 Å². The van der Waals surface area contributed by atoms with Crippen molar-refractivity contribution in [2.75, 3.05) is 18.2 Å². The van der Waals surface area contributed by atoms with Gasteiger partial charge in [-0.25, -0.2) is 4.79 Å². The van der Waals surface area contributed by atoms with E-state index in [4.69, 9.17) is 10.3 Å². The second-order valence-corrected chi connectivity index (χ2v) is 3.64. The Hall–Kier alpha value is -2.50. The average Bonchev–Trinajstić information content (AvgIpc) is 2.90. The van der Waals surface area contributed by atoms with Gasteiger partial charge in [0.2, 0.25) is 0 Å². The molecule has 3 N–H and O–H groups in total. The van der Waals surface area contributed by atoms with Crippen LogP contribution in [0.15, 0.2) is 35.1 Å². The zero-order valence-corrected chi connectivity index (χ0v) is 9.84. The third-order valence-corrected chi connectivity index (χ3v) is 2.43. The molecule has 0 fully saturated rings. The lowest BCUT2D eigenvalue weighted by Gasteiger charge is -2.09. The van der Waals surface area contributed by atoms with E-state index in [1.807, 2.05) is 0 Å². The summed E-state index contributed by atoms with van der Waals surface area (Å²) >= 11 is 0. The zero-order chi connectivity index (χ0) is 13.0. The molecule has 0 saturated heterocycles. The number of esters is 1. The third-order valence-electron chi connectivity index (χ3n) is 2.43. The Bertz CT molecular complexity index is 538. The van der Waals surface area contributed by atoms with Crippen LogP contribution in [0.25, 0.3) is 0 Å². The Morgan fingerprint density at radius 2 is 2.33 bits per heavy atom. The van der Waals surface area contributed by atoms with Gasteiger partial charge in [0, 0.05) is 6.07 Å². The van der Waals surface area contributed by atoms with Gasteiger partial charge in [0.1, 0.15) is 12.0 Å². The Kier molecular flexibility index (Phi) is 3.47. The highest BCUT2D eigenvalue weighted by atomic mass is 16.5. The summed E-state index contributed by atoms with van der Waals surface area (Å²) in [7, 11) is 1.33. The predicted octanol–water partition coefficient (Wildman–Crippen LogP) is 1.66. The molecule has 0 saturated carbocycles. The van der Waals surface area contributed by atoms with E-state index in [1.54, 1.807) is 24.3 Å². The Labute approximate surface area is 104 Å². The average molecular weight is 247 g/mol. The van der Waals surface area contributed by atoms with Crippen LogP contribution in [0.3, 0.4) is 0 Å². The van der Waals surface area contributed by atoms with Crippen molar-refractivity contribution in [2.45, 2.75) is 6.54 Å². The normalized spacial score (nSPS) is 10.1. The van der Waals surface area contributed by atoms with Crippen molar-refractivity contribution in [2.24, 2.45) is 0 Å². The SMILES string of the molecule is COC(=O)c1ccc(N)c(NCc2ccon2)c1. The summed E-state index contributed by atoms with van der Waals surface area (Å²) in [6.45, 7) is 0.464. The lowest BCUT2D eigenvalue weighted by Crippen LogP contribution is -2.06. The van der Waals surface area contributed by atoms with Gasteiger partial charge >= 0.3 is 5.97 Å². The van der Waals surface area contributed by atoms with Crippen LogP contribution in [0, 0.1) is 0 Å². The molecule has 6 heteroatoms. The van der Waals surface area contributed by atoms with Crippen molar-refractivity contribution < 1.29 is 14.1 Å². The molecule has 18 heavy (non-hydrogen) atoms. The predicted molar refractivity (Wildman–Crippen MR) is 66.0 cm³/mol. The van der Waals surface area contributed by atoms with Gasteiger partial charge in [-0.2, -0.15) is 0 Å². The molecule has 2 aromatic rings. The number of anilines is 2. The molecule has 2 rings (SSSR count). The second-order valence-electron chi connectivity index (χ2n) is 3.64. The fourth-order valence-electron chi connectivity index (χ4n) is 1.47. The highest BCUT2D eigenvalue weighted by Gasteiger charge is 2.08. The lowest BCUT2D eigenvalue weighted by molar-refractivity contribution is 0.0601. The maximum Gasteiger partial charge on any atom is 0.337 e. The van der Waals surface area contributed by atoms with E-state index >= 15 is 0 Å². The summed E-state index contributed by atoms with van der Waals surface area (Å²) in [5.74, 6) is -0.403. The van der Waals surface area contributed by atoms with E-state index in [1.165, 1.54) is 13.4 Å². The summed E-state index contributed by atoms with van der Waals surface area (Å²) in [5.41, 5.74) is 8.20. The first-order chi connectivity index (χ1) is 8.70. The molecule has 0 spiro atoms. The van der Waals surface area contributed by atoms with E-state index in [2.05, 4.69) is 15.2 Å². The number of methoxy groups -OCH3 is 1. The standard InChI is InChI=1S/C12H13N3O3/c1-17-12(16)8-2-3-10(13)11(6-8)14-7-9-4-5-18-15-9/h2-6,14H,7,13H2,1H3. The van der Waals surface area contributed by atoms with Crippen LogP contribution in [0.1, 0.15) is 16.1 Å². The molecule has 94 valence electrons. The highest BCUT2D eigenvalue weighted by Crippen LogP contribution is 2.21. The third kappa shape index (κ3) is 2.60. The highest BCUT2D eigenvalue weighted by molar-refractivity contribution is 5.91. The molecule has 6 nitrogen and oxygen atoms in total. The van der Waals surface area contributed by atoms with Gasteiger partial charge < -0.3 is 20.3 Å². The van der Waals surface area contributed by atoms with Crippen molar-refractivity contribution in [3.8, 4) is 0 Å². The molecule has 1 heterocycles. The van der Waals surface area contributed by atoms with Crippen molar-refractivity contribution >= 4 is 17.3 Å². The molecule has 0 atom stereocenters. The van der Waals surface area contributed by atoms with Crippen LogP contribution in [0.2, 0.25) is 0 Å². The molecule has 0 unspecified atom stereocenters.